The molecule has 1 N–H and O–H groups in total. The molecule has 178 valence electrons. The monoisotopic (exact) mass is 510 g/mol. The molecule has 1 heterocycles. The molecule has 0 fully saturated rings. The molecule has 10 heteroatoms. The van der Waals surface area contributed by atoms with Gasteiger partial charge >= 0.3 is 0 Å². The van der Waals surface area contributed by atoms with Crippen LogP contribution in [0.3, 0.4) is 0 Å². The fourth-order valence-electron chi connectivity index (χ4n) is 3.51. The van der Waals surface area contributed by atoms with E-state index in [9.17, 15) is 14.9 Å². The number of carbonyl (C=O) groups excluding carboxylic acids is 1. The van der Waals surface area contributed by atoms with E-state index in [4.69, 9.17) is 27.9 Å². The largest absolute Gasteiger partial charge is 0.497 e. The molecule has 1 amide bonds. The van der Waals surface area contributed by atoms with E-state index in [0.29, 0.717) is 40.1 Å². The summed E-state index contributed by atoms with van der Waals surface area (Å²) in [5, 5.41) is 19.8. The van der Waals surface area contributed by atoms with Crippen LogP contribution in [0.1, 0.15) is 16.1 Å². The lowest BCUT2D eigenvalue weighted by molar-refractivity contribution is -0.384. The van der Waals surface area contributed by atoms with E-state index in [1.165, 1.54) is 16.8 Å². The van der Waals surface area contributed by atoms with Gasteiger partial charge in [0.25, 0.3) is 11.6 Å². The van der Waals surface area contributed by atoms with Crippen LogP contribution in [-0.2, 0) is 6.42 Å². The fourth-order valence-corrected chi connectivity index (χ4v) is 4.01. The molecule has 4 aromatic rings. The number of rotatable bonds is 8. The van der Waals surface area contributed by atoms with Gasteiger partial charge in [-0.3, -0.25) is 14.9 Å². The van der Waals surface area contributed by atoms with E-state index in [0.717, 1.165) is 11.1 Å². The number of ether oxygens (including phenoxy) is 1. The quantitative estimate of drug-likeness (QED) is 0.240. The van der Waals surface area contributed by atoms with Crippen LogP contribution in [-0.4, -0.2) is 34.3 Å². The molecule has 0 saturated carbocycles. The lowest BCUT2D eigenvalue weighted by Gasteiger charge is -2.09. The van der Waals surface area contributed by atoms with Crippen molar-refractivity contribution in [3.05, 3.63) is 104 Å². The van der Waals surface area contributed by atoms with Gasteiger partial charge in [-0.15, -0.1) is 0 Å². The van der Waals surface area contributed by atoms with Crippen LogP contribution in [0.25, 0.3) is 16.9 Å². The topological polar surface area (TPSA) is 99.3 Å². The highest BCUT2D eigenvalue weighted by Crippen LogP contribution is 2.26. The number of non-ortho nitro benzene ring substituents is 1. The molecule has 0 aliphatic carbocycles. The van der Waals surface area contributed by atoms with Gasteiger partial charge in [0.1, 0.15) is 11.4 Å². The third-order valence-electron chi connectivity index (χ3n) is 5.31. The molecular formula is C25H20Cl2N4O4. The summed E-state index contributed by atoms with van der Waals surface area (Å²) in [5.41, 5.74) is 2.67. The second-order valence-electron chi connectivity index (χ2n) is 7.57. The molecule has 0 aliphatic heterocycles. The molecular weight excluding hydrogens is 491 g/mol. The zero-order chi connectivity index (χ0) is 24.9. The standard InChI is InChI=1S/C25H20Cl2N4O4/c1-35-21-9-6-17(7-10-21)23-15-24(30(29-23)19-3-2-4-20(14-19)31(33)34)25(32)28-12-11-16-5-8-18(26)13-22(16)27/h2-10,13-15H,11-12H2,1H3,(H,28,32). The Morgan fingerprint density at radius 2 is 1.86 bits per heavy atom. The molecule has 35 heavy (non-hydrogen) atoms. The minimum atomic E-state index is -0.493. The maximum atomic E-state index is 13.2. The Morgan fingerprint density at radius 3 is 2.54 bits per heavy atom. The number of nitro benzene ring substituents is 1. The number of nitrogens with zero attached hydrogens (tertiary/aromatic N) is 3. The molecule has 0 bridgehead atoms. The van der Waals surface area contributed by atoms with Crippen molar-refractivity contribution in [3.8, 4) is 22.7 Å². The Morgan fingerprint density at radius 1 is 1.09 bits per heavy atom. The summed E-state index contributed by atoms with van der Waals surface area (Å²) in [6.07, 6.45) is 0.498. The van der Waals surface area contributed by atoms with Crippen molar-refractivity contribution >= 4 is 34.8 Å². The Kier molecular flexibility index (Phi) is 7.33. The van der Waals surface area contributed by atoms with E-state index in [2.05, 4.69) is 10.4 Å². The normalized spacial score (nSPS) is 10.7. The highest BCUT2D eigenvalue weighted by Gasteiger charge is 2.19. The lowest BCUT2D eigenvalue weighted by Crippen LogP contribution is -2.28. The van der Waals surface area contributed by atoms with Gasteiger partial charge < -0.3 is 10.1 Å². The van der Waals surface area contributed by atoms with Crippen LogP contribution in [0.15, 0.2) is 72.8 Å². The number of amides is 1. The maximum Gasteiger partial charge on any atom is 0.271 e. The van der Waals surface area contributed by atoms with Gasteiger partial charge in [-0.25, -0.2) is 4.68 Å². The van der Waals surface area contributed by atoms with Gasteiger partial charge in [-0.1, -0.05) is 35.3 Å². The predicted octanol–water partition coefficient (Wildman–Crippen LogP) is 5.74. The van der Waals surface area contributed by atoms with Crippen LogP contribution in [0.4, 0.5) is 5.69 Å². The predicted molar refractivity (Wildman–Crippen MR) is 135 cm³/mol. The zero-order valence-electron chi connectivity index (χ0n) is 18.6. The molecule has 3 aromatic carbocycles. The van der Waals surface area contributed by atoms with Crippen molar-refractivity contribution in [2.24, 2.45) is 0 Å². The Labute approximate surface area is 211 Å². The van der Waals surface area contributed by atoms with Crippen molar-refractivity contribution in [3.63, 3.8) is 0 Å². The summed E-state index contributed by atoms with van der Waals surface area (Å²) >= 11 is 12.2. The number of hydrogen-bond acceptors (Lipinski definition) is 5. The fraction of sp³-hybridized carbons (Fsp3) is 0.120. The summed E-state index contributed by atoms with van der Waals surface area (Å²) in [7, 11) is 1.58. The third kappa shape index (κ3) is 5.62. The van der Waals surface area contributed by atoms with Crippen LogP contribution in [0.5, 0.6) is 5.75 Å². The number of hydrogen-bond donors (Lipinski definition) is 1. The average Bonchev–Trinajstić information content (AvgIpc) is 3.31. The van der Waals surface area contributed by atoms with E-state index in [-0.39, 0.29) is 17.3 Å². The van der Waals surface area contributed by atoms with Gasteiger partial charge in [0.2, 0.25) is 0 Å². The summed E-state index contributed by atoms with van der Waals surface area (Å²) in [6, 6.07) is 20.0. The molecule has 0 unspecified atom stereocenters. The summed E-state index contributed by atoms with van der Waals surface area (Å²) in [6.45, 7) is 0.318. The number of nitro groups is 1. The molecule has 8 nitrogen and oxygen atoms in total. The van der Waals surface area contributed by atoms with Crippen molar-refractivity contribution < 1.29 is 14.5 Å². The number of aromatic nitrogens is 2. The van der Waals surface area contributed by atoms with Crippen LogP contribution in [0.2, 0.25) is 10.0 Å². The lowest BCUT2D eigenvalue weighted by atomic mass is 10.1. The number of nitrogens with one attached hydrogen (secondary N) is 1. The van der Waals surface area contributed by atoms with Gasteiger partial charge in [0.05, 0.1) is 23.4 Å². The first kappa shape index (κ1) is 24.3. The average molecular weight is 511 g/mol. The van der Waals surface area contributed by atoms with E-state index >= 15 is 0 Å². The van der Waals surface area contributed by atoms with Crippen molar-refractivity contribution in [1.29, 1.82) is 0 Å². The second kappa shape index (κ2) is 10.6. The summed E-state index contributed by atoms with van der Waals surface area (Å²) in [5.74, 6) is 0.305. The molecule has 0 atom stereocenters. The van der Waals surface area contributed by atoms with Crippen molar-refractivity contribution in [1.82, 2.24) is 15.1 Å². The summed E-state index contributed by atoms with van der Waals surface area (Å²) in [4.78, 5) is 23.9. The highest BCUT2D eigenvalue weighted by atomic mass is 35.5. The Balaban J connectivity index is 1.64. The van der Waals surface area contributed by atoms with E-state index < -0.39 is 4.92 Å². The number of halogens is 2. The van der Waals surface area contributed by atoms with Crippen LogP contribution in [0, 0.1) is 10.1 Å². The molecule has 0 saturated heterocycles. The summed E-state index contributed by atoms with van der Waals surface area (Å²) < 4.78 is 6.60. The van der Waals surface area contributed by atoms with E-state index in [1.54, 1.807) is 49.6 Å². The molecule has 4 rings (SSSR count). The SMILES string of the molecule is COc1ccc(-c2cc(C(=O)NCCc3ccc(Cl)cc3Cl)n(-c3cccc([N+](=O)[O-])c3)n2)cc1. The van der Waals surface area contributed by atoms with Gasteiger partial charge in [0, 0.05) is 34.3 Å². The molecule has 1 aromatic heterocycles. The van der Waals surface area contributed by atoms with Gasteiger partial charge in [-0.2, -0.15) is 5.10 Å². The first-order valence-electron chi connectivity index (χ1n) is 10.6. The minimum Gasteiger partial charge on any atom is -0.497 e. The van der Waals surface area contributed by atoms with Crippen molar-refractivity contribution in [2.45, 2.75) is 6.42 Å². The molecule has 0 radical (unpaired) electrons. The highest BCUT2D eigenvalue weighted by molar-refractivity contribution is 6.35. The van der Waals surface area contributed by atoms with Gasteiger partial charge in [-0.05, 0) is 60.5 Å². The van der Waals surface area contributed by atoms with Crippen molar-refractivity contribution in [2.75, 3.05) is 13.7 Å². The third-order valence-corrected chi connectivity index (χ3v) is 5.89. The Hall–Kier alpha value is -3.88. The number of carbonyl (C=O) groups is 1. The number of methoxy groups -OCH3 is 1. The van der Waals surface area contributed by atoms with Crippen LogP contribution >= 0.6 is 23.2 Å². The molecule has 0 aliphatic rings. The zero-order valence-corrected chi connectivity index (χ0v) is 20.1. The first-order valence-corrected chi connectivity index (χ1v) is 11.3. The smallest absolute Gasteiger partial charge is 0.271 e. The first-order chi connectivity index (χ1) is 16.9. The Bertz CT molecular complexity index is 1390. The van der Waals surface area contributed by atoms with Gasteiger partial charge in [0.15, 0.2) is 0 Å². The van der Waals surface area contributed by atoms with Crippen LogP contribution < -0.4 is 10.1 Å². The minimum absolute atomic E-state index is 0.104. The van der Waals surface area contributed by atoms with E-state index in [1.807, 2.05) is 18.2 Å². The number of benzene rings is 3. The molecule has 0 spiro atoms. The maximum absolute atomic E-state index is 13.2. The second-order valence-corrected chi connectivity index (χ2v) is 8.42.